The molecule has 1 aromatic carbocycles. The smallest absolute Gasteiger partial charge is 0.248 e. The van der Waals surface area contributed by atoms with Gasteiger partial charge in [-0.3, -0.25) is 5.32 Å². The largest absolute Gasteiger partial charge is 0.420 e. The molecule has 5 aromatic rings. The fourth-order valence-corrected chi connectivity index (χ4v) is 5.09. The van der Waals surface area contributed by atoms with Crippen molar-refractivity contribution >= 4 is 40.0 Å². The quantitative estimate of drug-likeness (QED) is 0.321. The molecule has 1 fully saturated rings. The van der Waals surface area contributed by atoms with E-state index in [9.17, 15) is 8.78 Å². The van der Waals surface area contributed by atoms with Gasteiger partial charge in [0, 0.05) is 43.9 Å². The number of hydrogen-bond acceptors (Lipinski definition) is 8. The summed E-state index contributed by atoms with van der Waals surface area (Å²) in [5.74, 6) is 0.727. The Morgan fingerprint density at radius 2 is 1.84 bits per heavy atom. The van der Waals surface area contributed by atoms with Crippen LogP contribution < -0.4 is 10.2 Å². The Morgan fingerprint density at radius 3 is 2.55 bits per heavy atom. The molecule has 0 bridgehead atoms. The van der Waals surface area contributed by atoms with Gasteiger partial charge in [0.05, 0.1) is 11.7 Å². The third-order valence-corrected chi connectivity index (χ3v) is 6.99. The Bertz CT molecular complexity index is 1600. The van der Waals surface area contributed by atoms with E-state index >= 15 is 0 Å². The lowest BCUT2D eigenvalue weighted by atomic mass is 10.1. The maximum atomic E-state index is 15.0. The summed E-state index contributed by atoms with van der Waals surface area (Å²) in [6.45, 7) is 12.8. The van der Waals surface area contributed by atoms with Crippen molar-refractivity contribution in [1.82, 2.24) is 34.4 Å². The number of aryl methyl sites for hydroxylation is 1. The van der Waals surface area contributed by atoms with Gasteiger partial charge in [0.15, 0.2) is 11.6 Å². The third-order valence-electron chi connectivity index (χ3n) is 6.99. The van der Waals surface area contributed by atoms with Crippen molar-refractivity contribution in [3.63, 3.8) is 0 Å². The molecule has 6 rings (SSSR count). The Hall–Kier alpha value is -4.06. The number of aromatic nitrogens is 6. The van der Waals surface area contributed by atoms with Gasteiger partial charge in [0.25, 0.3) is 0 Å². The number of H-pyrrole nitrogens is 1. The zero-order valence-electron chi connectivity index (χ0n) is 21.7. The number of piperazine rings is 1. The van der Waals surface area contributed by atoms with Crippen LogP contribution in [0.2, 0.25) is 0 Å². The Kier molecular flexibility index (Phi) is 5.98. The van der Waals surface area contributed by atoms with E-state index in [0.29, 0.717) is 28.6 Å². The topological polar surface area (TPSA) is 104 Å². The lowest BCUT2D eigenvalue weighted by Crippen LogP contribution is -2.46. The fraction of sp³-hybridized carbons (Fsp3) is 0.385. The SMILES string of the molecule is CCN1CCN(c2cc3[nH]c(Nc4ncc(F)c(-c5cc(F)c6nc(C)n(C(C)C)c6c5)n4)nc3o2)CC1. The average molecular weight is 522 g/mol. The lowest BCUT2D eigenvalue weighted by Gasteiger charge is -2.33. The number of benzene rings is 1. The van der Waals surface area contributed by atoms with Crippen molar-refractivity contribution in [3.8, 4) is 11.3 Å². The fourth-order valence-electron chi connectivity index (χ4n) is 5.09. The zero-order valence-corrected chi connectivity index (χ0v) is 21.7. The van der Waals surface area contributed by atoms with Gasteiger partial charge in [0.1, 0.15) is 22.6 Å². The summed E-state index contributed by atoms with van der Waals surface area (Å²) in [6, 6.07) is 4.93. The second-order valence-corrected chi connectivity index (χ2v) is 9.77. The van der Waals surface area contributed by atoms with Crippen LogP contribution in [0.4, 0.5) is 26.6 Å². The average Bonchev–Trinajstić information content (AvgIpc) is 3.56. The van der Waals surface area contributed by atoms with Crippen LogP contribution in [0.15, 0.2) is 28.8 Å². The number of fused-ring (bicyclic) bond motifs is 2. The van der Waals surface area contributed by atoms with Crippen molar-refractivity contribution in [3.05, 3.63) is 41.9 Å². The van der Waals surface area contributed by atoms with Crippen LogP contribution in [0.3, 0.4) is 0 Å². The molecule has 2 N–H and O–H groups in total. The molecule has 0 unspecified atom stereocenters. The maximum Gasteiger partial charge on any atom is 0.248 e. The van der Waals surface area contributed by atoms with Crippen LogP contribution in [-0.2, 0) is 0 Å². The van der Waals surface area contributed by atoms with Crippen LogP contribution in [0.1, 0.15) is 32.6 Å². The summed E-state index contributed by atoms with van der Waals surface area (Å²) >= 11 is 0. The van der Waals surface area contributed by atoms with E-state index < -0.39 is 11.6 Å². The molecular weight excluding hydrogens is 492 g/mol. The monoisotopic (exact) mass is 521 g/mol. The number of anilines is 3. The minimum Gasteiger partial charge on any atom is -0.420 e. The number of aromatic amines is 1. The highest BCUT2D eigenvalue weighted by Crippen LogP contribution is 2.31. The lowest BCUT2D eigenvalue weighted by molar-refractivity contribution is 0.267. The first-order valence-electron chi connectivity index (χ1n) is 12.8. The van der Waals surface area contributed by atoms with Gasteiger partial charge in [-0.2, -0.15) is 4.98 Å². The molecule has 12 heteroatoms. The van der Waals surface area contributed by atoms with E-state index in [1.165, 1.54) is 6.07 Å². The number of likely N-dealkylation sites (N-methyl/N-ethyl adjacent to an activating group) is 1. The van der Waals surface area contributed by atoms with E-state index in [1.54, 1.807) is 6.07 Å². The summed E-state index contributed by atoms with van der Waals surface area (Å²) < 4.78 is 37.7. The van der Waals surface area contributed by atoms with Gasteiger partial charge in [-0.1, -0.05) is 6.92 Å². The van der Waals surface area contributed by atoms with Crippen molar-refractivity contribution in [2.75, 3.05) is 42.9 Å². The standard InChI is InChI=1S/C26H29F2N9O/c1-5-35-6-8-36(9-7-35)21-12-19-24(38-21)33-26(31-19)34-25-29-13-18(28)22(32-25)16-10-17(27)23-20(11-16)37(14(2)3)15(4)30-23/h10-14H,5-9H2,1-4H3,(H2,29,31,32,33,34). The van der Waals surface area contributed by atoms with Crippen LogP contribution >= 0.6 is 0 Å². The van der Waals surface area contributed by atoms with Crippen LogP contribution in [0.5, 0.6) is 0 Å². The first-order chi connectivity index (χ1) is 18.3. The molecule has 0 spiro atoms. The highest BCUT2D eigenvalue weighted by atomic mass is 19.1. The summed E-state index contributed by atoms with van der Waals surface area (Å²) in [6.07, 6.45) is 1.05. The molecule has 0 saturated carbocycles. The predicted octanol–water partition coefficient (Wildman–Crippen LogP) is 5.02. The Morgan fingerprint density at radius 1 is 1.05 bits per heavy atom. The number of nitrogens with zero attached hydrogens (tertiary/aromatic N) is 7. The van der Waals surface area contributed by atoms with Crippen LogP contribution in [-0.4, -0.2) is 67.1 Å². The number of imidazole rings is 2. The molecule has 4 aromatic heterocycles. The molecule has 198 valence electrons. The normalized spacial score (nSPS) is 14.9. The molecule has 0 amide bonds. The molecule has 0 aliphatic carbocycles. The van der Waals surface area contributed by atoms with Gasteiger partial charge in [0.2, 0.25) is 23.5 Å². The van der Waals surface area contributed by atoms with Crippen molar-refractivity contribution in [1.29, 1.82) is 0 Å². The molecule has 1 aliphatic rings. The van der Waals surface area contributed by atoms with E-state index in [-0.39, 0.29) is 23.2 Å². The van der Waals surface area contributed by atoms with Gasteiger partial charge >= 0.3 is 0 Å². The van der Waals surface area contributed by atoms with Gasteiger partial charge in [-0.15, -0.1) is 0 Å². The maximum absolute atomic E-state index is 15.0. The number of furan rings is 1. The minimum atomic E-state index is -0.664. The summed E-state index contributed by atoms with van der Waals surface area (Å²) in [7, 11) is 0. The molecular formula is C26H29F2N9O. The van der Waals surface area contributed by atoms with Crippen LogP contribution in [0.25, 0.3) is 33.5 Å². The van der Waals surface area contributed by atoms with Gasteiger partial charge < -0.3 is 23.8 Å². The first kappa shape index (κ1) is 24.3. The number of halogens is 2. The van der Waals surface area contributed by atoms with E-state index in [4.69, 9.17) is 4.42 Å². The summed E-state index contributed by atoms with van der Waals surface area (Å²) in [4.78, 5) is 24.9. The molecule has 1 aliphatic heterocycles. The van der Waals surface area contributed by atoms with E-state index in [1.807, 2.05) is 31.4 Å². The second kappa shape index (κ2) is 9.35. The predicted molar refractivity (Wildman–Crippen MR) is 142 cm³/mol. The zero-order chi connectivity index (χ0) is 26.6. The van der Waals surface area contributed by atoms with E-state index in [2.05, 4.69) is 47.0 Å². The van der Waals surface area contributed by atoms with Gasteiger partial charge in [-0.25, -0.2) is 23.7 Å². The molecule has 1 saturated heterocycles. The van der Waals surface area contributed by atoms with Crippen molar-refractivity contribution < 1.29 is 13.2 Å². The molecule has 10 nitrogen and oxygen atoms in total. The summed E-state index contributed by atoms with van der Waals surface area (Å²) in [5.41, 5.74) is 2.28. The highest BCUT2D eigenvalue weighted by molar-refractivity contribution is 5.83. The molecule has 5 heterocycles. The molecule has 0 atom stereocenters. The Labute approximate surface area is 217 Å². The molecule has 0 radical (unpaired) electrons. The third kappa shape index (κ3) is 4.24. The van der Waals surface area contributed by atoms with E-state index in [0.717, 1.165) is 50.3 Å². The minimum absolute atomic E-state index is 0.0267. The second-order valence-electron chi connectivity index (χ2n) is 9.77. The molecule has 38 heavy (non-hydrogen) atoms. The Balaban J connectivity index is 1.27. The van der Waals surface area contributed by atoms with Crippen LogP contribution in [0, 0.1) is 18.6 Å². The number of hydrogen-bond donors (Lipinski definition) is 2. The van der Waals surface area contributed by atoms with Gasteiger partial charge in [-0.05, 0) is 39.4 Å². The first-order valence-corrected chi connectivity index (χ1v) is 12.8. The summed E-state index contributed by atoms with van der Waals surface area (Å²) in [5, 5.41) is 2.97. The number of nitrogens with one attached hydrogen (secondary N) is 2. The van der Waals surface area contributed by atoms with Crippen molar-refractivity contribution in [2.24, 2.45) is 0 Å². The van der Waals surface area contributed by atoms with Crippen molar-refractivity contribution in [2.45, 2.75) is 33.7 Å². The highest BCUT2D eigenvalue weighted by Gasteiger charge is 2.21. The number of rotatable bonds is 6.